The Kier molecular flexibility index (Phi) is 5.84. The largest absolute Gasteiger partial charge is 0.379 e. The molecule has 2 heteroatoms. The molecular weight excluding hydrogens is 354 g/mol. The summed E-state index contributed by atoms with van der Waals surface area (Å²) in [7, 11) is 0. The molecule has 1 unspecified atom stereocenters. The van der Waals surface area contributed by atoms with E-state index in [9.17, 15) is 5.11 Å². The molecule has 0 saturated carbocycles. The summed E-state index contributed by atoms with van der Waals surface area (Å²) in [5.74, 6) is 0. The van der Waals surface area contributed by atoms with Crippen molar-refractivity contribution >= 4 is 0 Å². The van der Waals surface area contributed by atoms with Gasteiger partial charge in [-0.2, -0.15) is 0 Å². The molecule has 0 bridgehead atoms. The molecule has 0 saturated heterocycles. The van der Waals surface area contributed by atoms with Crippen molar-refractivity contribution in [2.24, 2.45) is 0 Å². The van der Waals surface area contributed by atoms with Crippen molar-refractivity contribution < 1.29 is 5.11 Å². The molecule has 150 valence electrons. The van der Waals surface area contributed by atoms with Gasteiger partial charge in [0, 0.05) is 19.6 Å². The standard InChI is InChI=1S/C27H31NO/c1-3-4-10-22-16-15-21(2)26(17-22)27(29)20-28(18-23-11-6-5-7-12-23)19-24-13-8-9-14-25(24)27/h5-9,11-17,29H,3-4,10,18-20H2,1-2H3. The first-order valence-electron chi connectivity index (χ1n) is 10.8. The third kappa shape index (κ3) is 4.14. The summed E-state index contributed by atoms with van der Waals surface area (Å²) in [5.41, 5.74) is 6.09. The van der Waals surface area contributed by atoms with E-state index in [2.05, 4.69) is 85.5 Å². The molecule has 2 nitrogen and oxygen atoms in total. The second-order valence-electron chi connectivity index (χ2n) is 8.40. The van der Waals surface area contributed by atoms with Crippen LogP contribution in [-0.4, -0.2) is 16.6 Å². The van der Waals surface area contributed by atoms with Crippen LogP contribution in [-0.2, 0) is 25.1 Å². The highest BCUT2D eigenvalue weighted by Gasteiger charge is 2.40. The van der Waals surface area contributed by atoms with Gasteiger partial charge in [0.2, 0.25) is 0 Å². The number of aryl methyl sites for hydroxylation is 2. The van der Waals surface area contributed by atoms with Crippen LogP contribution in [0.25, 0.3) is 0 Å². The lowest BCUT2D eigenvalue weighted by atomic mass is 9.78. The van der Waals surface area contributed by atoms with Gasteiger partial charge in [-0.05, 0) is 53.1 Å². The molecule has 29 heavy (non-hydrogen) atoms. The first kappa shape index (κ1) is 19.9. The van der Waals surface area contributed by atoms with Crippen molar-refractivity contribution in [2.45, 2.75) is 51.8 Å². The summed E-state index contributed by atoms with van der Waals surface area (Å²) in [6.07, 6.45) is 3.42. The summed E-state index contributed by atoms with van der Waals surface area (Å²) >= 11 is 0. The maximum atomic E-state index is 12.1. The van der Waals surface area contributed by atoms with E-state index in [1.807, 2.05) is 6.07 Å². The minimum atomic E-state index is -0.990. The average Bonchev–Trinajstić information content (AvgIpc) is 2.74. The summed E-state index contributed by atoms with van der Waals surface area (Å²) < 4.78 is 0. The van der Waals surface area contributed by atoms with Crippen molar-refractivity contribution in [3.05, 3.63) is 106 Å². The Bertz CT molecular complexity index is 965. The quantitative estimate of drug-likeness (QED) is 0.598. The molecule has 1 N–H and O–H groups in total. The van der Waals surface area contributed by atoms with Crippen LogP contribution in [0.5, 0.6) is 0 Å². The highest BCUT2D eigenvalue weighted by atomic mass is 16.3. The van der Waals surface area contributed by atoms with Gasteiger partial charge < -0.3 is 5.11 Å². The van der Waals surface area contributed by atoms with Crippen molar-refractivity contribution in [3.63, 3.8) is 0 Å². The lowest BCUT2D eigenvalue weighted by Gasteiger charge is -2.42. The number of aliphatic hydroxyl groups is 1. The van der Waals surface area contributed by atoms with E-state index in [4.69, 9.17) is 0 Å². The smallest absolute Gasteiger partial charge is 0.128 e. The molecule has 0 radical (unpaired) electrons. The molecule has 0 aliphatic carbocycles. The van der Waals surface area contributed by atoms with Gasteiger partial charge >= 0.3 is 0 Å². The maximum Gasteiger partial charge on any atom is 0.128 e. The van der Waals surface area contributed by atoms with Crippen LogP contribution in [0.2, 0.25) is 0 Å². The predicted octanol–water partition coefficient (Wildman–Crippen LogP) is 5.59. The van der Waals surface area contributed by atoms with Gasteiger partial charge in [-0.1, -0.05) is 86.1 Å². The second-order valence-corrected chi connectivity index (χ2v) is 8.40. The monoisotopic (exact) mass is 385 g/mol. The van der Waals surface area contributed by atoms with Gasteiger partial charge in [-0.25, -0.2) is 0 Å². The predicted molar refractivity (Wildman–Crippen MR) is 120 cm³/mol. The van der Waals surface area contributed by atoms with E-state index in [0.29, 0.717) is 6.54 Å². The average molecular weight is 386 g/mol. The topological polar surface area (TPSA) is 23.5 Å². The zero-order valence-electron chi connectivity index (χ0n) is 17.6. The molecule has 1 aliphatic rings. The number of rotatable bonds is 6. The molecule has 1 heterocycles. The summed E-state index contributed by atoms with van der Waals surface area (Å²) in [5, 5.41) is 12.1. The third-order valence-corrected chi connectivity index (χ3v) is 6.12. The first-order valence-corrected chi connectivity index (χ1v) is 10.8. The highest BCUT2D eigenvalue weighted by Crippen LogP contribution is 2.39. The van der Waals surface area contributed by atoms with Crippen LogP contribution in [0.1, 0.15) is 53.1 Å². The van der Waals surface area contributed by atoms with Crippen LogP contribution < -0.4 is 0 Å². The van der Waals surface area contributed by atoms with Gasteiger partial charge in [0.1, 0.15) is 5.60 Å². The third-order valence-electron chi connectivity index (χ3n) is 6.12. The minimum absolute atomic E-state index is 0.608. The molecule has 0 spiro atoms. The van der Waals surface area contributed by atoms with Gasteiger partial charge in [0.15, 0.2) is 0 Å². The Morgan fingerprint density at radius 2 is 1.66 bits per heavy atom. The number of benzene rings is 3. The minimum Gasteiger partial charge on any atom is -0.379 e. The van der Waals surface area contributed by atoms with Gasteiger partial charge in [-0.3, -0.25) is 4.90 Å². The number of hydrogen-bond donors (Lipinski definition) is 1. The molecule has 1 aliphatic heterocycles. The molecule has 3 aromatic rings. The molecular formula is C27H31NO. The summed E-state index contributed by atoms with van der Waals surface area (Å²) in [6, 6.07) is 25.6. The fourth-order valence-electron chi connectivity index (χ4n) is 4.60. The SMILES string of the molecule is CCCCc1ccc(C)c(C2(O)CN(Cc3ccccc3)Cc3ccccc32)c1. The van der Waals surface area contributed by atoms with E-state index in [1.165, 1.54) is 29.5 Å². The Morgan fingerprint density at radius 1 is 0.897 bits per heavy atom. The Hall–Kier alpha value is -2.42. The van der Waals surface area contributed by atoms with Crippen molar-refractivity contribution in [1.82, 2.24) is 4.90 Å². The number of hydrogen-bond acceptors (Lipinski definition) is 2. The van der Waals surface area contributed by atoms with Gasteiger partial charge in [-0.15, -0.1) is 0 Å². The fraction of sp³-hybridized carbons (Fsp3) is 0.333. The van der Waals surface area contributed by atoms with E-state index >= 15 is 0 Å². The van der Waals surface area contributed by atoms with Crippen LogP contribution in [0.3, 0.4) is 0 Å². The molecule has 4 rings (SSSR count). The van der Waals surface area contributed by atoms with E-state index < -0.39 is 5.60 Å². The lowest BCUT2D eigenvalue weighted by Crippen LogP contribution is -2.46. The van der Waals surface area contributed by atoms with Crippen LogP contribution in [0, 0.1) is 6.92 Å². The van der Waals surface area contributed by atoms with Crippen molar-refractivity contribution in [3.8, 4) is 0 Å². The van der Waals surface area contributed by atoms with Crippen LogP contribution in [0.15, 0.2) is 72.8 Å². The van der Waals surface area contributed by atoms with Crippen molar-refractivity contribution in [1.29, 1.82) is 0 Å². The normalized spacial score (nSPS) is 19.1. The van der Waals surface area contributed by atoms with Gasteiger partial charge in [0.05, 0.1) is 0 Å². The zero-order valence-corrected chi connectivity index (χ0v) is 17.6. The number of nitrogens with zero attached hydrogens (tertiary/aromatic N) is 1. The number of β-amino-alcohol motifs (C(OH)–C–C–N with tert-alkyl or cyclic N) is 1. The second kappa shape index (κ2) is 8.52. The zero-order chi connectivity index (χ0) is 20.3. The number of unbranched alkanes of at least 4 members (excludes halogenated alkanes) is 1. The van der Waals surface area contributed by atoms with E-state index in [1.54, 1.807) is 0 Å². The van der Waals surface area contributed by atoms with E-state index in [0.717, 1.165) is 36.2 Å². The maximum absolute atomic E-state index is 12.1. The molecule has 1 atom stereocenters. The Morgan fingerprint density at radius 3 is 2.45 bits per heavy atom. The summed E-state index contributed by atoms with van der Waals surface area (Å²) in [6.45, 7) is 6.65. The molecule has 0 fully saturated rings. The van der Waals surface area contributed by atoms with E-state index in [-0.39, 0.29) is 0 Å². The fourth-order valence-corrected chi connectivity index (χ4v) is 4.60. The summed E-state index contributed by atoms with van der Waals surface area (Å²) in [4.78, 5) is 2.37. The number of fused-ring (bicyclic) bond motifs is 1. The van der Waals surface area contributed by atoms with Crippen LogP contribution in [0.4, 0.5) is 0 Å². The van der Waals surface area contributed by atoms with Crippen LogP contribution >= 0.6 is 0 Å². The van der Waals surface area contributed by atoms with Crippen molar-refractivity contribution in [2.75, 3.05) is 6.54 Å². The Balaban J connectivity index is 1.74. The highest BCUT2D eigenvalue weighted by molar-refractivity contribution is 5.47. The first-order chi connectivity index (χ1) is 14.1. The molecule has 3 aromatic carbocycles. The van der Waals surface area contributed by atoms with Gasteiger partial charge in [0.25, 0.3) is 0 Å². The lowest BCUT2D eigenvalue weighted by molar-refractivity contribution is 0.0149. The molecule has 0 aromatic heterocycles. The Labute approximate surface area is 174 Å². The molecule has 0 amide bonds.